The third-order valence-corrected chi connectivity index (χ3v) is 10.3. The highest BCUT2D eigenvalue weighted by Gasteiger charge is 2.61. The normalized spacial score (nSPS) is 46.5. The predicted octanol–water partition coefficient (Wildman–Crippen LogP) is 6.50. The van der Waals surface area contributed by atoms with Gasteiger partial charge in [-0.1, -0.05) is 52.2 Å². The van der Waals surface area contributed by atoms with Crippen molar-refractivity contribution in [2.75, 3.05) is 0 Å². The lowest BCUT2D eigenvalue weighted by molar-refractivity contribution is -0.105. The first-order valence-electron chi connectivity index (χ1n) is 12.7. The van der Waals surface area contributed by atoms with Crippen LogP contribution in [0.5, 0.6) is 0 Å². The molecule has 4 rings (SSSR count). The second kappa shape index (κ2) is 7.66. The Morgan fingerprint density at radius 2 is 1.86 bits per heavy atom. The number of aliphatic hydroxyl groups excluding tert-OH is 1. The summed E-state index contributed by atoms with van der Waals surface area (Å²) in [5.74, 6) is 3.53. The van der Waals surface area contributed by atoms with Gasteiger partial charge in [-0.15, -0.1) is 0 Å². The van der Waals surface area contributed by atoms with Gasteiger partial charge in [0, 0.05) is 0 Å². The van der Waals surface area contributed by atoms with Gasteiger partial charge >= 0.3 is 0 Å². The van der Waals surface area contributed by atoms with Crippen molar-refractivity contribution < 1.29 is 10.2 Å². The number of aliphatic hydroxyl groups is 2. The summed E-state index contributed by atoms with van der Waals surface area (Å²) < 4.78 is 0. The van der Waals surface area contributed by atoms with E-state index in [9.17, 15) is 10.2 Å². The molecule has 3 saturated carbocycles. The molecule has 2 nitrogen and oxygen atoms in total. The Hall–Kier alpha value is -0.340. The first-order valence-corrected chi connectivity index (χ1v) is 12.7. The minimum atomic E-state index is -0.514. The van der Waals surface area contributed by atoms with Crippen molar-refractivity contribution in [3.05, 3.63) is 11.6 Å². The third kappa shape index (κ3) is 3.65. The molecule has 0 aromatic heterocycles. The largest absolute Gasteiger partial charge is 0.393 e. The first-order chi connectivity index (χ1) is 13.6. The molecule has 3 fully saturated rings. The van der Waals surface area contributed by atoms with Crippen molar-refractivity contribution in [3.8, 4) is 0 Å². The Balaban J connectivity index is 1.53. The van der Waals surface area contributed by atoms with Crippen LogP contribution in [-0.2, 0) is 0 Å². The number of fused-ring (bicyclic) bond motifs is 5. The van der Waals surface area contributed by atoms with Gasteiger partial charge in [0.2, 0.25) is 0 Å². The van der Waals surface area contributed by atoms with E-state index < -0.39 is 5.60 Å². The summed E-state index contributed by atoms with van der Waals surface area (Å²) in [7, 11) is 0. The quantitative estimate of drug-likeness (QED) is 0.515. The topological polar surface area (TPSA) is 40.5 Å². The average molecular weight is 403 g/mol. The minimum Gasteiger partial charge on any atom is -0.393 e. The van der Waals surface area contributed by atoms with Crippen molar-refractivity contribution in [2.24, 2.45) is 40.4 Å². The van der Waals surface area contributed by atoms with Crippen LogP contribution in [0.1, 0.15) is 105 Å². The maximum Gasteiger partial charge on any atom is 0.0653 e. The summed E-state index contributed by atoms with van der Waals surface area (Å²) in [5, 5.41) is 21.8. The summed E-state index contributed by atoms with van der Waals surface area (Å²) in [6.45, 7) is 11.8. The van der Waals surface area contributed by atoms with E-state index in [1.807, 2.05) is 0 Å². The molecule has 4 aliphatic rings. The molecular weight excluding hydrogens is 356 g/mol. The smallest absolute Gasteiger partial charge is 0.0653 e. The van der Waals surface area contributed by atoms with E-state index in [1.165, 1.54) is 44.9 Å². The SMILES string of the molecule is CC(C)CCCC(C)(O)[C@H]1CC[C@H]2[C@@H]3CC=C4C[C@@H](O)CC[C@]4(C)[C@H]3CC[C@]12C. The van der Waals surface area contributed by atoms with Crippen LogP contribution < -0.4 is 0 Å². The molecule has 0 amide bonds. The van der Waals surface area contributed by atoms with Crippen LogP contribution in [0, 0.1) is 40.4 Å². The zero-order valence-corrected chi connectivity index (χ0v) is 19.7. The summed E-state index contributed by atoms with van der Waals surface area (Å²) >= 11 is 0. The lowest BCUT2D eigenvalue weighted by Crippen LogP contribution is -2.53. The van der Waals surface area contributed by atoms with E-state index >= 15 is 0 Å². The second-order valence-corrected chi connectivity index (χ2v) is 12.5. The van der Waals surface area contributed by atoms with Gasteiger partial charge < -0.3 is 10.2 Å². The molecule has 8 atom stereocenters. The highest BCUT2D eigenvalue weighted by Crippen LogP contribution is 2.67. The van der Waals surface area contributed by atoms with Crippen LogP contribution in [0.4, 0.5) is 0 Å². The minimum absolute atomic E-state index is 0.114. The maximum absolute atomic E-state index is 11.6. The molecule has 0 saturated heterocycles. The molecule has 0 aromatic rings. The molecule has 2 heteroatoms. The van der Waals surface area contributed by atoms with E-state index in [2.05, 4.69) is 40.7 Å². The van der Waals surface area contributed by atoms with Gasteiger partial charge in [-0.05, 0) is 105 Å². The molecule has 0 bridgehead atoms. The lowest BCUT2D eigenvalue weighted by atomic mass is 9.46. The highest BCUT2D eigenvalue weighted by atomic mass is 16.3. The van der Waals surface area contributed by atoms with E-state index in [0.717, 1.165) is 49.4 Å². The summed E-state index contributed by atoms with van der Waals surface area (Å²) in [4.78, 5) is 0. The number of rotatable bonds is 5. The standard InChI is InChI=1S/C27H46O2/c1-18(2)7-6-14-27(5,29)24-11-10-22-21-9-8-19-17-20(28)12-15-25(19,3)23(21)13-16-26(22,24)4/h8,18,20-24,28-29H,6-7,9-17H2,1-5H3/t20-,21-,22-,23-,24-,25-,26-,27?/m0/s1. The molecule has 0 heterocycles. The lowest BCUT2D eigenvalue weighted by Gasteiger charge is -2.59. The Labute approximate surface area is 179 Å². The zero-order valence-electron chi connectivity index (χ0n) is 19.7. The van der Waals surface area contributed by atoms with Gasteiger partial charge in [0.05, 0.1) is 11.7 Å². The maximum atomic E-state index is 11.6. The van der Waals surface area contributed by atoms with Crippen LogP contribution >= 0.6 is 0 Å². The van der Waals surface area contributed by atoms with Crippen molar-refractivity contribution in [2.45, 2.75) is 117 Å². The summed E-state index contributed by atoms with van der Waals surface area (Å²) in [5.41, 5.74) is 1.68. The molecule has 0 radical (unpaired) electrons. The van der Waals surface area contributed by atoms with E-state index in [4.69, 9.17) is 0 Å². The van der Waals surface area contributed by atoms with Crippen LogP contribution in [0.3, 0.4) is 0 Å². The Bertz CT molecular complexity index is 634. The number of hydrogen-bond acceptors (Lipinski definition) is 2. The van der Waals surface area contributed by atoms with Gasteiger partial charge in [0.1, 0.15) is 0 Å². The molecule has 2 N–H and O–H groups in total. The van der Waals surface area contributed by atoms with Crippen LogP contribution in [0.2, 0.25) is 0 Å². The van der Waals surface area contributed by atoms with E-state index in [-0.39, 0.29) is 6.10 Å². The molecule has 0 aromatic carbocycles. The molecule has 0 aliphatic heterocycles. The second-order valence-electron chi connectivity index (χ2n) is 12.5. The van der Waals surface area contributed by atoms with Crippen molar-refractivity contribution in [1.29, 1.82) is 0 Å². The number of allylic oxidation sites excluding steroid dienone is 1. The molecule has 0 spiro atoms. The molecule has 4 aliphatic carbocycles. The van der Waals surface area contributed by atoms with Gasteiger partial charge in [0.15, 0.2) is 0 Å². The van der Waals surface area contributed by atoms with Gasteiger partial charge in [0.25, 0.3) is 0 Å². The van der Waals surface area contributed by atoms with Crippen molar-refractivity contribution >= 4 is 0 Å². The fourth-order valence-corrected chi connectivity index (χ4v) is 8.71. The summed E-state index contributed by atoms with van der Waals surface area (Å²) in [6, 6.07) is 0. The molecule has 1 unspecified atom stereocenters. The average Bonchev–Trinajstić information content (AvgIpc) is 3.00. The van der Waals surface area contributed by atoms with Crippen molar-refractivity contribution in [1.82, 2.24) is 0 Å². The molecule has 29 heavy (non-hydrogen) atoms. The van der Waals surface area contributed by atoms with Gasteiger partial charge in [-0.25, -0.2) is 0 Å². The van der Waals surface area contributed by atoms with Gasteiger partial charge in [-0.2, -0.15) is 0 Å². The highest BCUT2D eigenvalue weighted by molar-refractivity contribution is 5.25. The first kappa shape index (κ1) is 21.9. The Morgan fingerprint density at radius 3 is 2.59 bits per heavy atom. The van der Waals surface area contributed by atoms with Crippen LogP contribution in [0.25, 0.3) is 0 Å². The van der Waals surface area contributed by atoms with Crippen LogP contribution in [-0.4, -0.2) is 21.9 Å². The Morgan fingerprint density at radius 1 is 1.10 bits per heavy atom. The predicted molar refractivity (Wildman–Crippen MR) is 121 cm³/mol. The zero-order chi connectivity index (χ0) is 21.0. The molecular formula is C27H46O2. The van der Waals surface area contributed by atoms with Crippen molar-refractivity contribution in [3.63, 3.8) is 0 Å². The van der Waals surface area contributed by atoms with Gasteiger partial charge in [-0.3, -0.25) is 0 Å². The van der Waals surface area contributed by atoms with E-state index in [0.29, 0.717) is 16.7 Å². The fourth-order valence-electron chi connectivity index (χ4n) is 8.71. The third-order valence-electron chi connectivity index (χ3n) is 10.3. The number of hydrogen-bond donors (Lipinski definition) is 2. The fraction of sp³-hybridized carbons (Fsp3) is 0.926. The van der Waals surface area contributed by atoms with E-state index in [1.54, 1.807) is 5.57 Å². The monoisotopic (exact) mass is 402 g/mol. The Kier molecular flexibility index (Phi) is 5.78. The summed E-state index contributed by atoms with van der Waals surface area (Å²) in [6.07, 6.45) is 15.2. The molecule has 166 valence electrons. The van der Waals surface area contributed by atoms with Crippen LogP contribution in [0.15, 0.2) is 11.6 Å².